The first-order valence-corrected chi connectivity index (χ1v) is 14.0. The van der Waals surface area contributed by atoms with Crippen LogP contribution in [0.2, 0.25) is 0 Å². The van der Waals surface area contributed by atoms with Crippen molar-refractivity contribution in [1.29, 1.82) is 0 Å². The van der Waals surface area contributed by atoms with Gasteiger partial charge in [0.05, 0.1) is 4.92 Å². The van der Waals surface area contributed by atoms with Gasteiger partial charge in [0.1, 0.15) is 17.5 Å². The number of carbonyl (C=O) groups is 1. The van der Waals surface area contributed by atoms with Crippen molar-refractivity contribution >= 4 is 23.5 Å². The second-order valence-electron chi connectivity index (χ2n) is 12.7. The number of para-hydroxylation sites is 1. The molecule has 1 aromatic carbocycles. The van der Waals surface area contributed by atoms with Gasteiger partial charge in [-0.3, -0.25) is 10.1 Å². The minimum Gasteiger partial charge on any atom is -0.444 e. The largest absolute Gasteiger partial charge is 0.573 e. The van der Waals surface area contributed by atoms with E-state index in [1.807, 2.05) is 20.8 Å². The summed E-state index contributed by atoms with van der Waals surface area (Å²) in [5.74, 6) is 0.814. The Morgan fingerprint density at radius 2 is 1.81 bits per heavy atom. The van der Waals surface area contributed by atoms with Gasteiger partial charge in [-0.2, -0.15) is 4.98 Å². The quantitative estimate of drug-likeness (QED) is 0.235. The van der Waals surface area contributed by atoms with Gasteiger partial charge in [0.25, 0.3) is 0 Å². The zero-order valence-electron chi connectivity index (χ0n) is 23.7. The molecule has 4 fully saturated rings. The second-order valence-corrected chi connectivity index (χ2v) is 12.7. The van der Waals surface area contributed by atoms with Crippen LogP contribution in [0.15, 0.2) is 30.5 Å². The van der Waals surface area contributed by atoms with Crippen LogP contribution in [0.25, 0.3) is 0 Å². The Morgan fingerprint density at radius 3 is 2.45 bits per heavy atom. The number of carbonyl (C=O) groups excluding carboxylic acids is 1. The third kappa shape index (κ3) is 6.96. The molecule has 0 aliphatic heterocycles. The summed E-state index contributed by atoms with van der Waals surface area (Å²) < 4.78 is 47.9. The number of hydrogen-bond acceptors (Lipinski definition) is 9. The van der Waals surface area contributed by atoms with Crippen LogP contribution in [0.1, 0.15) is 58.4 Å². The highest BCUT2D eigenvalue weighted by Gasteiger charge is 2.55. The molecular weight excluding hydrogens is 557 g/mol. The molecule has 3 N–H and O–H groups in total. The van der Waals surface area contributed by atoms with Crippen molar-refractivity contribution in [1.82, 2.24) is 15.3 Å². The molecule has 0 radical (unpaired) electrons. The summed E-state index contributed by atoms with van der Waals surface area (Å²) in [6.07, 6.45) is 0.611. The molecule has 228 valence electrons. The maximum absolute atomic E-state index is 12.8. The molecule has 1 amide bonds. The van der Waals surface area contributed by atoms with Crippen molar-refractivity contribution in [2.24, 2.45) is 23.2 Å². The van der Waals surface area contributed by atoms with Crippen LogP contribution in [-0.2, 0) is 11.3 Å². The predicted molar refractivity (Wildman–Crippen MR) is 147 cm³/mol. The SMILES string of the molecule is CC(C)(C)OC(=O)NC1[C@@H]2CC3C[C@H]1CC(CNc1nc(NCc4ccccc4OC(F)(F)F)ncc1[N+](=O)[O-])(C3)C2. The highest BCUT2D eigenvalue weighted by Crippen LogP contribution is 2.60. The van der Waals surface area contributed by atoms with Crippen LogP contribution in [0.3, 0.4) is 0 Å². The van der Waals surface area contributed by atoms with Crippen LogP contribution in [0.4, 0.5) is 35.4 Å². The van der Waals surface area contributed by atoms with Crippen molar-refractivity contribution in [3.05, 3.63) is 46.1 Å². The van der Waals surface area contributed by atoms with Gasteiger partial charge in [-0.1, -0.05) is 18.2 Å². The highest BCUT2D eigenvalue weighted by atomic mass is 19.4. The number of alkyl carbamates (subject to hydrolysis) is 1. The summed E-state index contributed by atoms with van der Waals surface area (Å²) >= 11 is 0. The molecule has 2 aromatic rings. The van der Waals surface area contributed by atoms with Crippen molar-refractivity contribution in [2.75, 3.05) is 17.2 Å². The van der Waals surface area contributed by atoms with E-state index in [1.165, 1.54) is 18.2 Å². The van der Waals surface area contributed by atoms with E-state index in [-0.39, 0.29) is 46.8 Å². The fourth-order valence-electron chi connectivity index (χ4n) is 7.13. The molecule has 42 heavy (non-hydrogen) atoms. The fraction of sp³-hybridized carbons (Fsp3) is 0.607. The Bertz CT molecular complexity index is 1320. The number of alkyl halides is 3. The number of anilines is 2. The van der Waals surface area contributed by atoms with Crippen LogP contribution < -0.4 is 20.7 Å². The molecule has 4 aliphatic carbocycles. The first kappa shape index (κ1) is 29.6. The summed E-state index contributed by atoms with van der Waals surface area (Å²) in [4.78, 5) is 32.0. The van der Waals surface area contributed by atoms with E-state index >= 15 is 0 Å². The standard InChI is InChI=1S/C28H35F3N6O5/c1-26(2,3)42-25(38)35-22-18-8-16-9-19(22)12-27(10-16,11-18)15-34-23-20(37(39)40)14-33-24(36-23)32-13-17-6-4-5-7-21(17)41-28(29,30)31/h4-7,14,16,18-19,22H,8-13,15H2,1-3H3,(H,35,38)(H2,32,33,34,36)/t16?,18-,19+,22?,27?. The predicted octanol–water partition coefficient (Wildman–Crippen LogP) is 6.03. The summed E-state index contributed by atoms with van der Waals surface area (Å²) in [5, 5.41) is 20.9. The average molecular weight is 593 g/mol. The maximum atomic E-state index is 12.8. The molecule has 0 saturated heterocycles. The molecule has 14 heteroatoms. The van der Waals surface area contributed by atoms with Crippen molar-refractivity contribution in [3.63, 3.8) is 0 Å². The lowest BCUT2D eigenvalue weighted by atomic mass is 9.48. The van der Waals surface area contributed by atoms with Crippen LogP contribution in [0.5, 0.6) is 5.75 Å². The van der Waals surface area contributed by atoms with E-state index in [0.717, 1.165) is 38.3 Å². The number of nitro groups is 1. The van der Waals surface area contributed by atoms with Crippen molar-refractivity contribution in [2.45, 2.75) is 77.4 Å². The molecule has 6 rings (SSSR count). The number of aromatic nitrogens is 2. The minimum absolute atomic E-state index is 0.0250. The molecule has 0 spiro atoms. The van der Waals surface area contributed by atoms with Gasteiger partial charge in [-0.25, -0.2) is 9.78 Å². The number of nitrogens with zero attached hydrogens (tertiary/aromatic N) is 3. The number of halogens is 3. The lowest BCUT2D eigenvalue weighted by Gasteiger charge is -2.60. The van der Waals surface area contributed by atoms with Gasteiger partial charge >= 0.3 is 18.1 Å². The third-order valence-corrected chi connectivity index (χ3v) is 8.32. The topological polar surface area (TPSA) is 141 Å². The Labute approximate surface area is 241 Å². The number of nitrogens with one attached hydrogen (secondary N) is 3. The fourth-order valence-corrected chi connectivity index (χ4v) is 7.13. The molecule has 11 nitrogen and oxygen atoms in total. The zero-order chi connectivity index (χ0) is 30.3. The lowest BCUT2D eigenvalue weighted by molar-refractivity contribution is -0.384. The molecule has 4 aliphatic rings. The maximum Gasteiger partial charge on any atom is 0.573 e. The third-order valence-electron chi connectivity index (χ3n) is 8.32. The highest BCUT2D eigenvalue weighted by molar-refractivity contribution is 5.68. The number of hydrogen-bond donors (Lipinski definition) is 3. The van der Waals surface area contributed by atoms with E-state index < -0.39 is 23.0 Å². The van der Waals surface area contributed by atoms with Gasteiger partial charge in [-0.15, -0.1) is 13.2 Å². The van der Waals surface area contributed by atoms with Crippen LogP contribution in [-0.4, -0.2) is 45.5 Å². The van der Waals surface area contributed by atoms with E-state index in [2.05, 4.69) is 30.7 Å². The number of ether oxygens (including phenoxy) is 2. The Kier molecular flexibility index (Phi) is 7.84. The molecule has 5 atom stereocenters. The van der Waals surface area contributed by atoms with E-state index in [4.69, 9.17) is 4.74 Å². The van der Waals surface area contributed by atoms with E-state index in [0.29, 0.717) is 24.3 Å². The van der Waals surface area contributed by atoms with Crippen molar-refractivity contribution in [3.8, 4) is 5.75 Å². The normalized spacial score (nSPS) is 26.4. The van der Waals surface area contributed by atoms with Crippen molar-refractivity contribution < 1.29 is 32.4 Å². The van der Waals surface area contributed by atoms with Crippen LogP contribution >= 0.6 is 0 Å². The number of amides is 1. The summed E-state index contributed by atoms with van der Waals surface area (Å²) in [6.45, 7) is 5.87. The van der Waals surface area contributed by atoms with Gasteiger partial charge < -0.3 is 25.4 Å². The molecule has 1 aromatic heterocycles. The first-order valence-electron chi connectivity index (χ1n) is 14.0. The molecule has 4 saturated carbocycles. The summed E-state index contributed by atoms with van der Waals surface area (Å²) in [6, 6.07) is 5.71. The average Bonchev–Trinajstić information content (AvgIpc) is 2.87. The Balaban J connectivity index is 1.26. The molecule has 4 bridgehead atoms. The molecule has 3 unspecified atom stereocenters. The van der Waals surface area contributed by atoms with Gasteiger partial charge in [0.2, 0.25) is 11.8 Å². The molecule has 1 heterocycles. The Hall–Kier alpha value is -3.84. The summed E-state index contributed by atoms with van der Waals surface area (Å²) in [5.41, 5.74) is -0.755. The van der Waals surface area contributed by atoms with Crippen LogP contribution in [0, 0.1) is 33.3 Å². The lowest BCUT2D eigenvalue weighted by Crippen LogP contribution is -2.60. The number of benzene rings is 1. The molecular formula is C28H35F3N6O5. The second kappa shape index (κ2) is 11.1. The monoisotopic (exact) mass is 592 g/mol. The minimum atomic E-state index is -4.85. The van der Waals surface area contributed by atoms with Gasteiger partial charge in [-0.05, 0) is 82.1 Å². The number of rotatable bonds is 9. The van der Waals surface area contributed by atoms with Gasteiger partial charge in [0, 0.05) is 24.7 Å². The zero-order valence-corrected chi connectivity index (χ0v) is 23.7. The van der Waals surface area contributed by atoms with E-state index in [9.17, 15) is 28.1 Å². The first-order chi connectivity index (χ1) is 19.7. The smallest absolute Gasteiger partial charge is 0.444 e. The summed E-state index contributed by atoms with van der Waals surface area (Å²) in [7, 11) is 0. The van der Waals surface area contributed by atoms with Gasteiger partial charge in [0.15, 0.2) is 0 Å². The Morgan fingerprint density at radius 1 is 1.12 bits per heavy atom. The van der Waals surface area contributed by atoms with E-state index in [1.54, 1.807) is 6.07 Å².